The minimum Gasteiger partial charge on any atom is -0.481 e. The molecule has 20 heavy (non-hydrogen) atoms. The molecule has 110 valence electrons. The minimum atomic E-state index is -0.984. The zero-order chi connectivity index (χ0) is 15.2. The lowest BCUT2D eigenvalue weighted by atomic mass is 9.94. The van der Waals surface area contributed by atoms with Crippen LogP contribution in [0.25, 0.3) is 0 Å². The maximum atomic E-state index is 11.7. The van der Waals surface area contributed by atoms with Gasteiger partial charge >= 0.3 is 12.0 Å². The highest BCUT2D eigenvalue weighted by molar-refractivity contribution is 5.89. The van der Waals surface area contributed by atoms with Gasteiger partial charge in [0, 0.05) is 12.2 Å². The molecule has 5 nitrogen and oxygen atoms in total. The Labute approximate surface area is 119 Å². The number of amides is 2. The molecule has 3 N–H and O–H groups in total. The Hall–Kier alpha value is -2.04. The molecule has 0 atom stereocenters. The second kappa shape index (κ2) is 6.93. The summed E-state index contributed by atoms with van der Waals surface area (Å²) in [6.07, 6.45) is 2.09. The second-order valence-corrected chi connectivity index (χ2v) is 5.44. The van der Waals surface area contributed by atoms with Crippen LogP contribution in [-0.2, 0) is 11.2 Å². The van der Waals surface area contributed by atoms with Crippen LogP contribution in [-0.4, -0.2) is 23.7 Å². The monoisotopic (exact) mass is 278 g/mol. The molecule has 2 amide bonds. The highest BCUT2D eigenvalue weighted by Gasteiger charge is 2.27. The van der Waals surface area contributed by atoms with Gasteiger partial charge in [0.15, 0.2) is 0 Å². The molecule has 1 aromatic carbocycles. The van der Waals surface area contributed by atoms with E-state index in [-0.39, 0.29) is 6.54 Å². The van der Waals surface area contributed by atoms with E-state index in [1.165, 1.54) is 5.56 Å². The van der Waals surface area contributed by atoms with Crippen molar-refractivity contribution in [1.82, 2.24) is 5.32 Å². The average Bonchev–Trinajstić information content (AvgIpc) is 2.39. The summed E-state index contributed by atoms with van der Waals surface area (Å²) in [5.74, 6) is -0.943. The van der Waals surface area contributed by atoms with Crippen LogP contribution < -0.4 is 10.6 Å². The van der Waals surface area contributed by atoms with Gasteiger partial charge in [-0.15, -0.1) is 0 Å². The Morgan fingerprint density at radius 3 is 2.30 bits per heavy atom. The first kappa shape index (κ1) is 16.0. The van der Waals surface area contributed by atoms with Crippen molar-refractivity contribution >= 4 is 17.7 Å². The topological polar surface area (TPSA) is 78.4 Å². The van der Waals surface area contributed by atoms with Crippen molar-refractivity contribution in [2.75, 3.05) is 11.9 Å². The van der Waals surface area contributed by atoms with E-state index in [9.17, 15) is 9.59 Å². The molecule has 0 radical (unpaired) electrons. The highest BCUT2D eigenvalue weighted by Crippen LogP contribution is 2.14. The Morgan fingerprint density at radius 2 is 1.80 bits per heavy atom. The van der Waals surface area contributed by atoms with Crippen LogP contribution in [0.5, 0.6) is 0 Å². The van der Waals surface area contributed by atoms with Crippen LogP contribution in [0.1, 0.15) is 32.8 Å². The number of carbonyl (C=O) groups is 2. The standard InChI is InChI=1S/C15H22N2O3/c1-4-5-11-6-8-12(9-7-11)17-14(20)16-10-15(2,3)13(18)19/h6-9H,4-5,10H2,1-3H3,(H,18,19)(H2,16,17,20). The van der Waals surface area contributed by atoms with Gasteiger partial charge in [-0.2, -0.15) is 0 Å². The fourth-order valence-corrected chi connectivity index (χ4v) is 1.60. The molecule has 1 aromatic rings. The van der Waals surface area contributed by atoms with Crippen molar-refractivity contribution in [3.05, 3.63) is 29.8 Å². The number of carboxylic acid groups (broad SMARTS) is 1. The number of carbonyl (C=O) groups excluding carboxylic acids is 1. The van der Waals surface area contributed by atoms with Crippen molar-refractivity contribution in [3.63, 3.8) is 0 Å². The molecule has 0 aliphatic carbocycles. The van der Waals surface area contributed by atoms with Crippen LogP contribution in [0, 0.1) is 5.41 Å². The third kappa shape index (κ3) is 4.91. The summed E-state index contributed by atoms with van der Waals surface area (Å²) in [5, 5.41) is 14.2. The zero-order valence-corrected chi connectivity index (χ0v) is 12.2. The van der Waals surface area contributed by atoms with Crippen LogP contribution >= 0.6 is 0 Å². The van der Waals surface area contributed by atoms with E-state index >= 15 is 0 Å². The normalized spacial score (nSPS) is 10.9. The number of nitrogens with one attached hydrogen (secondary N) is 2. The number of rotatable bonds is 6. The summed E-state index contributed by atoms with van der Waals surface area (Å²) in [7, 11) is 0. The largest absolute Gasteiger partial charge is 0.481 e. The van der Waals surface area contributed by atoms with Gasteiger partial charge in [-0.25, -0.2) is 4.79 Å². The molecule has 0 aliphatic rings. The van der Waals surface area contributed by atoms with Crippen molar-refractivity contribution in [1.29, 1.82) is 0 Å². The minimum absolute atomic E-state index is 0.0715. The molecule has 1 rings (SSSR count). The molecule has 0 heterocycles. The van der Waals surface area contributed by atoms with E-state index in [2.05, 4.69) is 17.6 Å². The SMILES string of the molecule is CCCc1ccc(NC(=O)NCC(C)(C)C(=O)O)cc1. The van der Waals surface area contributed by atoms with E-state index in [0.717, 1.165) is 12.8 Å². The van der Waals surface area contributed by atoms with Gasteiger partial charge in [0.25, 0.3) is 0 Å². The number of aryl methyl sites for hydroxylation is 1. The number of benzene rings is 1. The van der Waals surface area contributed by atoms with Crippen LogP contribution in [0.3, 0.4) is 0 Å². The third-order valence-corrected chi connectivity index (χ3v) is 3.02. The summed E-state index contributed by atoms with van der Waals surface area (Å²) >= 11 is 0. The molecule has 0 fully saturated rings. The van der Waals surface area contributed by atoms with E-state index in [4.69, 9.17) is 5.11 Å². The number of hydrogen-bond donors (Lipinski definition) is 3. The molecular formula is C15H22N2O3. The lowest BCUT2D eigenvalue weighted by Gasteiger charge is -2.19. The van der Waals surface area contributed by atoms with Crippen LogP contribution in [0.15, 0.2) is 24.3 Å². The lowest BCUT2D eigenvalue weighted by molar-refractivity contribution is -0.146. The first-order valence-electron chi connectivity index (χ1n) is 6.72. The first-order chi connectivity index (χ1) is 9.35. The van der Waals surface area contributed by atoms with Gasteiger partial charge in [-0.1, -0.05) is 25.5 Å². The molecule has 0 unspecified atom stereocenters. The molecule has 0 aromatic heterocycles. The van der Waals surface area contributed by atoms with Crippen molar-refractivity contribution in [2.24, 2.45) is 5.41 Å². The van der Waals surface area contributed by atoms with E-state index in [1.807, 2.05) is 24.3 Å². The van der Waals surface area contributed by atoms with Crippen molar-refractivity contribution in [3.8, 4) is 0 Å². The lowest BCUT2D eigenvalue weighted by Crippen LogP contribution is -2.40. The maximum Gasteiger partial charge on any atom is 0.319 e. The summed E-state index contributed by atoms with van der Waals surface area (Å²) < 4.78 is 0. The molecule has 0 spiro atoms. The van der Waals surface area contributed by atoms with E-state index in [1.54, 1.807) is 13.8 Å². The number of anilines is 1. The Kier molecular flexibility index (Phi) is 5.55. The van der Waals surface area contributed by atoms with E-state index < -0.39 is 17.4 Å². The smallest absolute Gasteiger partial charge is 0.319 e. The Balaban J connectivity index is 2.48. The predicted octanol–water partition coefficient (Wildman–Crippen LogP) is 2.87. The van der Waals surface area contributed by atoms with Crippen molar-refractivity contribution < 1.29 is 14.7 Å². The maximum absolute atomic E-state index is 11.7. The molecule has 0 saturated heterocycles. The van der Waals surface area contributed by atoms with Gasteiger partial charge in [-0.3, -0.25) is 4.79 Å². The zero-order valence-electron chi connectivity index (χ0n) is 12.2. The fourth-order valence-electron chi connectivity index (χ4n) is 1.60. The Morgan fingerprint density at radius 1 is 1.20 bits per heavy atom. The van der Waals surface area contributed by atoms with Crippen LogP contribution in [0.2, 0.25) is 0 Å². The van der Waals surface area contributed by atoms with Gasteiger partial charge in [0.2, 0.25) is 0 Å². The molecular weight excluding hydrogens is 256 g/mol. The number of carboxylic acids is 1. The van der Waals surface area contributed by atoms with Crippen LogP contribution in [0.4, 0.5) is 10.5 Å². The highest BCUT2D eigenvalue weighted by atomic mass is 16.4. The summed E-state index contributed by atoms with van der Waals surface area (Å²) in [6, 6.07) is 7.23. The predicted molar refractivity (Wildman–Crippen MR) is 78.9 cm³/mol. The molecule has 5 heteroatoms. The van der Waals surface area contributed by atoms with Gasteiger partial charge < -0.3 is 15.7 Å². The third-order valence-electron chi connectivity index (χ3n) is 3.02. The number of urea groups is 1. The van der Waals surface area contributed by atoms with E-state index in [0.29, 0.717) is 5.69 Å². The Bertz CT molecular complexity index is 467. The second-order valence-electron chi connectivity index (χ2n) is 5.44. The summed E-state index contributed by atoms with van der Waals surface area (Å²) in [6.45, 7) is 5.32. The van der Waals surface area contributed by atoms with Gasteiger partial charge in [-0.05, 0) is 38.0 Å². The average molecular weight is 278 g/mol. The van der Waals surface area contributed by atoms with Crippen molar-refractivity contribution in [2.45, 2.75) is 33.6 Å². The molecule has 0 bridgehead atoms. The molecule has 0 aliphatic heterocycles. The number of aliphatic carboxylic acids is 1. The number of hydrogen-bond acceptors (Lipinski definition) is 2. The summed E-state index contributed by atoms with van der Waals surface area (Å²) in [5.41, 5.74) is 0.934. The molecule has 0 saturated carbocycles. The van der Waals surface area contributed by atoms with Gasteiger partial charge in [0.05, 0.1) is 5.41 Å². The van der Waals surface area contributed by atoms with Gasteiger partial charge in [0.1, 0.15) is 0 Å². The fraction of sp³-hybridized carbons (Fsp3) is 0.467. The quantitative estimate of drug-likeness (QED) is 0.748. The first-order valence-corrected chi connectivity index (χ1v) is 6.72. The summed E-state index contributed by atoms with van der Waals surface area (Å²) in [4.78, 5) is 22.6.